The topological polar surface area (TPSA) is 23.9 Å². The molecule has 0 unspecified atom stereocenters. The third-order valence-electron chi connectivity index (χ3n) is 0.702. The molecule has 0 aromatic rings. The van der Waals surface area contributed by atoms with E-state index in [-0.39, 0.29) is 0 Å². The zero-order valence-electron chi connectivity index (χ0n) is 9.36. The maximum atomic E-state index is 6.77. The molecule has 0 spiro atoms. The zero-order chi connectivity index (χ0) is 10.6. The summed E-state index contributed by atoms with van der Waals surface area (Å²) in [7, 11) is 0. The van der Waals surface area contributed by atoms with E-state index in [0.29, 0.717) is 0 Å². The van der Waals surface area contributed by atoms with Crippen LogP contribution in [0.2, 0.25) is 0 Å². The Morgan fingerprint density at radius 3 is 1.50 bits per heavy atom. The third kappa shape index (κ3) is 22.9. The van der Waals surface area contributed by atoms with Crippen molar-refractivity contribution in [2.24, 2.45) is 0 Å². The molecule has 0 amide bonds. The predicted octanol–water partition coefficient (Wildman–Crippen LogP) is 4.21. The molecule has 0 atom stereocenters. The van der Waals surface area contributed by atoms with Gasteiger partial charge in [-0.3, -0.25) is 0 Å². The van der Waals surface area contributed by atoms with Crippen molar-refractivity contribution in [1.29, 1.82) is 5.41 Å². The molecule has 0 rings (SSSR count). The lowest BCUT2D eigenvalue weighted by Crippen LogP contribution is -1.73. The van der Waals surface area contributed by atoms with Gasteiger partial charge < -0.3 is 5.41 Å². The van der Waals surface area contributed by atoms with Crippen LogP contribution in [0.25, 0.3) is 0 Å². The van der Waals surface area contributed by atoms with Crippen molar-refractivity contribution in [3.63, 3.8) is 0 Å². The Balaban J connectivity index is -0.000000175. The number of rotatable bonds is 2. The summed E-state index contributed by atoms with van der Waals surface area (Å²) < 4.78 is 0. The van der Waals surface area contributed by atoms with Crippen molar-refractivity contribution < 1.29 is 0 Å². The molecule has 0 aliphatic rings. The van der Waals surface area contributed by atoms with Crippen molar-refractivity contribution in [2.45, 2.75) is 41.5 Å². The second kappa shape index (κ2) is 16.6. The van der Waals surface area contributed by atoms with E-state index in [1.54, 1.807) is 0 Å². The summed E-state index contributed by atoms with van der Waals surface area (Å²) in [6, 6.07) is 0. The van der Waals surface area contributed by atoms with E-state index in [9.17, 15) is 0 Å². The fourth-order valence-corrected chi connectivity index (χ4v) is 0.430. The lowest BCUT2D eigenvalue weighted by atomic mass is 10.2. The van der Waals surface area contributed by atoms with E-state index in [0.717, 1.165) is 11.1 Å². The summed E-state index contributed by atoms with van der Waals surface area (Å²) in [5.41, 5.74) is 1.93. The fourth-order valence-electron chi connectivity index (χ4n) is 0.430. The minimum Gasteiger partial charge on any atom is -0.308 e. The van der Waals surface area contributed by atoms with E-state index in [2.05, 4.69) is 6.58 Å². The Labute approximate surface area is 77.7 Å². The Bertz CT molecular complexity index is 132. The number of hydrogen-bond donors (Lipinski definition) is 1. The quantitative estimate of drug-likeness (QED) is 0.473. The van der Waals surface area contributed by atoms with Crippen molar-refractivity contribution in [3.8, 4) is 0 Å². The minimum absolute atomic E-state index is 0.942. The van der Waals surface area contributed by atoms with Gasteiger partial charge >= 0.3 is 0 Å². The summed E-state index contributed by atoms with van der Waals surface area (Å²) in [5, 5.41) is 6.77. The summed E-state index contributed by atoms with van der Waals surface area (Å²) >= 11 is 0. The molecule has 0 fully saturated rings. The van der Waals surface area contributed by atoms with Crippen LogP contribution in [-0.4, -0.2) is 6.21 Å². The van der Waals surface area contributed by atoms with Gasteiger partial charge in [-0.05, 0) is 19.4 Å². The molecule has 72 valence electrons. The second-order valence-corrected chi connectivity index (χ2v) is 1.88. The molecule has 0 saturated heterocycles. The predicted molar refractivity (Wildman–Crippen MR) is 60.1 cm³/mol. The highest BCUT2D eigenvalue weighted by Crippen LogP contribution is 1.94. The molecule has 1 N–H and O–H groups in total. The highest BCUT2D eigenvalue weighted by atomic mass is 14.3. The largest absolute Gasteiger partial charge is 0.308 e. The standard InChI is InChI=1S/C7H11N.2C2H6/c1-6(2)4-7(3)5-8;2*1-2/h4-5,8H,1H2,2-3H3;2*1-2H3/b7-4-,8-5?;;. The van der Waals surface area contributed by atoms with Gasteiger partial charge in [0.15, 0.2) is 0 Å². The number of nitrogens with one attached hydrogen (secondary N) is 1. The van der Waals surface area contributed by atoms with Crippen LogP contribution >= 0.6 is 0 Å². The molecular weight excluding hydrogens is 146 g/mol. The normalized spacial score (nSPS) is 8.33. The van der Waals surface area contributed by atoms with Gasteiger partial charge in [0.05, 0.1) is 0 Å². The van der Waals surface area contributed by atoms with Gasteiger partial charge in [0.25, 0.3) is 0 Å². The monoisotopic (exact) mass is 169 g/mol. The second-order valence-electron chi connectivity index (χ2n) is 1.88. The molecule has 0 saturated carbocycles. The summed E-state index contributed by atoms with van der Waals surface area (Å²) in [6.45, 7) is 15.4. The van der Waals surface area contributed by atoms with E-state index >= 15 is 0 Å². The number of hydrogen-bond acceptors (Lipinski definition) is 1. The van der Waals surface area contributed by atoms with Gasteiger partial charge in [-0.15, -0.1) is 0 Å². The lowest BCUT2D eigenvalue weighted by molar-refractivity contribution is 1.46. The lowest BCUT2D eigenvalue weighted by Gasteiger charge is -1.86. The van der Waals surface area contributed by atoms with Crippen LogP contribution in [0.15, 0.2) is 23.8 Å². The van der Waals surface area contributed by atoms with Gasteiger partial charge in [0, 0.05) is 6.21 Å². The fraction of sp³-hybridized carbons (Fsp3) is 0.545. The van der Waals surface area contributed by atoms with E-state index in [1.165, 1.54) is 6.21 Å². The van der Waals surface area contributed by atoms with Gasteiger partial charge in [-0.2, -0.15) is 0 Å². The van der Waals surface area contributed by atoms with E-state index in [1.807, 2.05) is 47.6 Å². The molecule has 0 bridgehead atoms. The molecule has 0 aliphatic carbocycles. The Kier molecular flexibility index (Phi) is 24.0. The van der Waals surface area contributed by atoms with Crippen LogP contribution in [0.1, 0.15) is 41.5 Å². The van der Waals surface area contributed by atoms with Crippen molar-refractivity contribution in [1.82, 2.24) is 0 Å². The summed E-state index contributed by atoms with van der Waals surface area (Å²) in [6.07, 6.45) is 3.18. The maximum Gasteiger partial charge on any atom is 0.0207 e. The zero-order valence-corrected chi connectivity index (χ0v) is 9.36. The van der Waals surface area contributed by atoms with Crippen LogP contribution in [-0.2, 0) is 0 Å². The minimum atomic E-state index is 0.942. The Hall–Kier alpha value is -0.850. The smallest absolute Gasteiger partial charge is 0.0207 e. The van der Waals surface area contributed by atoms with Gasteiger partial charge in [0.2, 0.25) is 0 Å². The SMILES string of the molecule is C=C(C)/C=C(/C)C=N.CC.CC. The number of allylic oxidation sites excluding steroid dienone is 3. The third-order valence-corrected chi connectivity index (χ3v) is 0.702. The average molecular weight is 169 g/mol. The van der Waals surface area contributed by atoms with Crippen molar-refractivity contribution >= 4 is 6.21 Å². The molecule has 0 aromatic carbocycles. The molecule has 0 aromatic heterocycles. The van der Waals surface area contributed by atoms with E-state index < -0.39 is 0 Å². The van der Waals surface area contributed by atoms with Crippen molar-refractivity contribution in [2.75, 3.05) is 0 Å². The van der Waals surface area contributed by atoms with Crippen LogP contribution in [0.4, 0.5) is 0 Å². The molecular formula is C11H23N. The van der Waals surface area contributed by atoms with Crippen LogP contribution in [0.3, 0.4) is 0 Å². The van der Waals surface area contributed by atoms with Gasteiger partial charge in [-0.1, -0.05) is 45.9 Å². The molecule has 12 heavy (non-hydrogen) atoms. The van der Waals surface area contributed by atoms with Gasteiger partial charge in [0.1, 0.15) is 0 Å². The van der Waals surface area contributed by atoms with Crippen LogP contribution in [0, 0.1) is 5.41 Å². The molecule has 0 aliphatic heterocycles. The molecule has 0 radical (unpaired) electrons. The highest BCUT2D eigenvalue weighted by Gasteiger charge is 1.78. The Morgan fingerprint density at radius 1 is 1.08 bits per heavy atom. The molecule has 1 heteroatoms. The van der Waals surface area contributed by atoms with Crippen LogP contribution < -0.4 is 0 Å². The van der Waals surface area contributed by atoms with E-state index in [4.69, 9.17) is 5.41 Å². The maximum absolute atomic E-state index is 6.77. The van der Waals surface area contributed by atoms with Crippen LogP contribution in [0.5, 0.6) is 0 Å². The first kappa shape index (κ1) is 17.3. The van der Waals surface area contributed by atoms with Gasteiger partial charge in [-0.25, -0.2) is 0 Å². The summed E-state index contributed by atoms with van der Waals surface area (Å²) in [4.78, 5) is 0. The average Bonchev–Trinajstić information content (AvgIpc) is 2.10. The first-order chi connectivity index (χ1) is 5.66. The Morgan fingerprint density at radius 2 is 1.42 bits per heavy atom. The first-order valence-corrected chi connectivity index (χ1v) is 4.51. The van der Waals surface area contributed by atoms with Crippen molar-refractivity contribution in [3.05, 3.63) is 23.8 Å². The summed E-state index contributed by atoms with van der Waals surface area (Å²) in [5.74, 6) is 0. The molecule has 1 nitrogen and oxygen atoms in total. The first-order valence-electron chi connectivity index (χ1n) is 4.51. The molecule has 0 heterocycles. The highest BCUT2D eigenvalue weighted by molar-refractivity contribution is 5.75.